The molecular weight excluding hydrogens is 396 g/mol. The Balaban J connectivity index is 1.72. The first-order valence-corrected chi connectivity index (χ1v) is 10.0. The van der Waals surface area contributed by atoms with Crippen molar-refractivity contribution in [1.29, 1.82) is 0 Å². The fourth-order valence-corrected chi connectivity index (χ4v) is 3.90. The van der Waals surface area contributed by atoms with E-state index in [1.165, 1.54) is 0 Å². The van der Waals surface area contributed by atoms with E-state index in [1.54, 1.807) is 6.08 Å². The monoisotopic (exact) mass is 424 g/mol. The average Bonchev–Trinajstić information content (AvgIpc) is 2.97. The van der Waals surface area contributed by atoms with E-state index >= 15 is 0 Å². The Kier molecular flexibility index (Phi) is 7.10. The summed E-state index contributed by atoms with van der Waals surface area (Å²) in [6.45, 7) is 5.12. The zero-order valence-electron chi connectivity index (χ0n) is 16.8. The number of allylic oxidation sites excluding steroid dienone is 2. The van der Waals surface area contributed by atoms with Crippen molar-refractivity contribution in [2.24, 2.45) is 5.92 Å². The van der Waals surface area contributed by atoms with Gasteiger partial charge in [-0.2, -0.15) is 0 Å². The number of aliphatic hydroxyl groups is 4. The van der Waals surface area contributed by atoms with Crippen molar-refractivity contribution in [2.75, 3.05) is 6.61 Å². The number of aliphatic hydroxyl groups excluding tert-OH is 4. The molecule has 3 rings (SSSR count). The number of fused-ring (bicyclic) bond motifs is 1. The van der Waals surface area contributed by atoms with Crippen molar-refractivity contribution in [3.63, 3.8) is 0 Å². The van der Waals surface area contributed by atoms with Gasteiger partial charge in [0.2, 0.25) is 6.29 Å². The predicted octanol–water partition coefficient (Wildman–Crippen LogP) is -0.126. The van der Waals surface area contributed by atoms with Gasteiger partial charge in [0.05, 0.1) is 6.61 Å². The van der Waals surface area contributed by atoms with E-state index < -0.39 is 55.4 Å². The molecule has 0 aromatic heterocycles. The molecule has 0 aromatic carbocycles. The molecule has 3 aliphatic rings. The Morgan fingerprint density at radius 2 is 1.97 bits per heavy atom. The first-order chi connectivity index (χ1) is 14.2. The summed E-state index contributed by atoms with van der Waals surface area (Å²) < 4.78 is 15.9. The highest BCUT2D eigenvalue weighted by Gasteiger charge is 2.45. The van der Waals surface area contributed by atoms with Crippen LogP contribution in [-0.2, 0) is 23.8 Å². The molecule has 9 nitrogen and oxygen atoms in total. The maximum Gasteiger partial charge on any atom is 0.336 e. The minimum atomic E-state index is -1.66. The fourth-order valence-electron chi connectivity index (χ4n) is 3.90. The molecule has 30 heavy (non-hydrogen) atoms. The van der Waals surface area contributed by atoms with Crippen LogP contribution in [0.25, 0.3) is 0 Å². The highest BCUT2D eigenvalue weighted by Crippen LogP contribution is 2.34. The lowest BCUT2D eigenvalue weighted by Gasteiger charge is -2.39. The molecule has 2 saturated heterocycles. The van der Waals surface area contributed by atoms with E-state index in [4.69, 9.17) is 14.2 Å². The second-order valence-corrected chi connectivity index (χ2v) is 7.92. The molecule has 2 fully saturated rings. The normalized spacial score (nSPS) is 41.0. The van der Waals surface area contributed by atoms with Crippen molar-refractivity contribution >= 4 is 11.9 Å². The van der Waals surface area contributed by atoms with Gasteiger partial charge in [0, 0.05) is 17.1 Å². The molecule has 2 heterocycles. The van der Waals surface area contributed by atoms with Gasteiger partial charge in [0.1, 0.15) is 30.5 Å². The fraction of sp³-hybridized carbons (Fsp3) is 0.619. The van der Waals surface area contributed by atoms with Gasteiger partial charge >= 0.3 is 11.9 Å². The molecule has 0 spiro atoms. The summed E-state index contributed by atoms with van der Waals surface area (Å²) in [6.07, 6.45) is -2.34. The average molecular weight is 424 g/mol. The largest absolute Gasteiger partial charge is 0.454 e. The molecule has 0 aromatic rings. The van der Waals surface area contributed by atoms with Crippen molar-refractivity contribution in [3.05, 3.63) is 35.5 Å². The van der Waals surface area contributed by atoms with Gasteiger partial charge in [-0.3, -0.25) is 0 Å². The highest BCUT2D eigenvalue weighted by atomic mass is 16.7. The van der Waals surface area contributed by atoms with E-state index in [9.17, 15) is 30.0 Å². The van der Waals surface area contributed by atoms with E-state index in [2.05, 4.69) is 6.58 Å². The molecule has 0 radical (unpaired) electrons. The van der Waals surface area contributed by atoms with Gasteiger partial charge in [0.15, 0.2) is 0 Å². The van der Waals surface area contributed by atoms with Crippen molar-refractivity contribution < 1.29 is 44.2 Å². The van der Waals surface area contributed by atoms with E-state index in [0.717, 1.165) is 5.57 Å². The number of rotatable bonds is 3. The Bertz CT molecular complexity index is 754. The van der Waals surface area contributed by atoms with Crippen LogP contribution in [0.3, 0.4) is 0 Å². The molecular formula is C21H28O9. The smallest absolute Gasteiger partial charge is 0.336 e. The van der Waals surface area contributed by atoms with Gasteiger partial charge in [0.25, 0.3) is 0 Å². The third kappa shape index (κ3) is 4.65. The SMILES string of the molecule is C=C1C(=O)OC2/C=C(\C)CC/C=C(/C(=O)O[C@@H]3O[C@H](CO)[C@@H](O)[C@H](O)[C@H]3O)CC[C@@H]12. The summed E-state index contributed by atoms with van der Waals surface area (Å²) >= 11 is 0. The first kappa shape index (κ1) is 22.6. The summed E-state index contributed by atoms with van der Waals surface area (Å²) in [5, 5.41) is 39.1. The lowest BCUT2D eigenvalue weighted by molar-refractivity contribution is -0.291. The second kappa shape index (κ2) is 9.40. The topological polar surface area (TPSA) is 143 Å². The first-order valence-electron chi connectivity index (χ1n) is 10.0. The third-order valence-corrected chi connectivity index (χ3v) is 5.79. The molecule has 0 amide bonds. The van der Waals surface area contributed by atoms with Crippen molar-refractivity contribution in [3.8, 4) is 0 Å². The van der Waals surface area contributed by atoms with E-state index in [1.807, 2.05) is 13.0 Å². The van der Waals surface area contributed by atoms with Gasteiger partial charge in [-0.05, 0) is 38.7 Å². The lowest BCUT2D eigenvalue weighted by Crippen LogP contribution is -2.59. The van der Waals surface area contributed by atoms with Crippen LogP contribution >= 0.6 is 0 Å². The van der Waals surface area contributed by atoms with Gasteiger partial charge in [-0.1, -0.05) is 18.2 Å². The molecule has 2 aliphatic heterocycles. The van der Waals surface area contributed by atoms with Crippen LogP contribution in [0.2, 0.25) is 0 Å². The van der Waals surface area contributed by atoms with E-state index in [0.29, 0.717) is 36.8 Å². The Labute approximate surface area is 174 Å². The number of esters is 2. The lowest BCUT2D eigenvalue weighted by atomic mass is 9.88. The zero-order valence-corrected chi connectivity index (χ0v) is 16.8. The summed E-state index contributed by atoms with van der Waals surface area (Å²) in [5.74, 6) is -1.44. The Morgan fingerprint density at radius 3 is 2.67 bits per heavy atom. The summed E-state index contributed by atoms with van der Waals surface area (Å²) in [6, 6.07) is 0. The molecule has 4 N–H and O–H groups in total. The number of ether oxygens (including phenoxy) is 3. The highest BCUT2D eigenvalue weighted by molar-refractivity contribution is 5.91. The number of hydrogen-bond acceptors (Lipinski definition) is 9. The van der Waals surface area contributed by atoms with Gasteiger partial charge in [-0.25, -0.2) is 9.59 Å². The van der Waals surface area contributed by atoms with Crippen LogP contribution in [0, 0.1) is 5.92 Å². The maximum absolute atomic E-state index is 12.8. The van der Waals surface area contributed by atoms with Crippen LogP contribution in [0.5, 0.6) is 0 Å². The predicted molar refractivity (Wildman–Crippen MR) is 103 cm³/mol. The minimum absolute atomic E-state index is 0.256. The van der Waals surface area contributed by atoms with Crippen LogP contribution in [0.4, 0.5) is 0 Å². The second-order valence-electron chi connectivity index (χ2n) is 7.92. The van der Waals surface area contributed by atoms with Crippen molar-refractivity contribution in [1.82, 2.24) is 0 Å². The number of carbonyl (C=O) groups is 2. The van der Waals surface area contributed by atoms with Crippen molar-refractivity contribution in [2.45, 2.75) is 69.4 Å². The number of carbonyl (C=O) groups excluding carboxylic acids is 2. The Hall–Kier alpha value is -2.04. The van der Waals surface area contributed by atoms with Gasteiger partial charge in [-0.15, -0.1) is 0 Å². The number of hydrogen-bond donors (Lipinski definition) is 4. The Morgan fingerprint density at radius 1 is 1.23 bits per heavy atom. The molecule has 7 atom stereocenters. The molecule has 0 saturated carbocycles. The van der Waals surface area contributed by atoms with Crippen LogP contribution in [-0.4, -0.2) is 75.8 Å². The standard InChI is InChI=1S/C21H28O9/c1-10-4-3-5-12(6-7-13-11(2)19(26)28-14(13)8-10)20(27)30-21-18(25)17(24)16(23)15(9-22)29-21/h5,8,13-18,21-25H,2-4,6-7,9H2,1H3/b10-8+,12-5+/t13-,14?,15+,16+,17-,18+,21-/m0/s1. The van der Waals surface area contributed by atoms with Gasteiger partial charge < -0.3 is 34.6 Å². The van der Waals surface area contributed by atoms with Crippen LogP contribution in [0.1, 0.15) is 32.6 Å². The molecule has 1 aliphatic carbocycles. The molecule has 0 bridgehead atoms. The van der Waals surface area contributed by atoms with Crippen LogP contribution < -0.4 is 0 Å². The zero-order chi connectivity index (χ0) is 22.0. The minimum Gasteiger partial charge on any atom is -0.454 e. The van der Waals surface area contributed by atoms with E-state index in [-0.39, 0.29) is 5.92 Å². The summed E-state index contributed by atoms with van der Waals surface area (Å²) in [5.41, 5.74) is 1.73. The maximum atomic E-state index is 12.8. The third-order valence-electron chi connectivity index (χ3n) is 5.79. The summed E-state index contributed by atoms with van der Waals surface area (Å²) in [7, 11) is 0. The molecule has 1 unspecified atom stereocenters. The molecule has 9 heteroatoms. The quantitative estimate of drug-likeness (QED) is 0.277. The molecule has 166 valence electrons. The summed E-state index contributed by atoms with van der Waals surface area (Å²) in [4.78, 5) is 24.7. The van der Waals surface area contributed by atoms with Crippen LogP contribution in [0.15, 0.2) is 35.5 Å².